The normalized spacial score (nSPS) is 21.6. The molecule has 27 heavy (non-hydrogen) atoms. The number of thiocarbonyl (C=S) groups is 1. The Bertz CT molecular complexity index is 749. The van der Waals surface area contributed by atoms with Crippen molar-refractivity contribution in [1.82, 2.24) is 10.2 Å². The Morgan fingerprint density at radius 2 is 2.15 bits per heavy atom. The molecule has 0 aliphatic carbocycles. The van der Waals surface area contributed by atoms with Gasteiger partial charge in [-0.2, -0.15) is 0 Å². The number of aliphatic imine (C=N–C) groups is 1. The summed E-state index contributed by atoms with van der Waals surface area (Å²) in [6, 6.07) is 6.95. The van der Waals surface area contributed by atoms with Gasteiger partial charge in [0.15, 0.2) is 11.0 Å². The van der Waals surface area contributed by atoms with Gasteiger partial charge in [-0.05, 0) is 24.4 Å². The SMILES string of the molecule is COc1cccc(N2C(=O)[C@@H](C=NCCN3CCOCC3)C(=O)NC2=S)c1. The van der Waals surface area contributed by atoms with Crippen LogP contribution < -0.4 is 15.0 Å². The van der Waals surface area contributed by atoms with Gasteiger partial charge < -0.3 is 14.8 Å². The van der Waals surface area contributed by atoms with E-state index in [2.05, 4.69) is 15.2 Å². The van der Waals surface area contributed by atoms with Gasteiger partial charge in [-0.15, -0.1) is 0 Å². The van der Waals surface area contributed by atoms with E-state index in [1.807, 2.05) is 0 Å². The number of hydrogen-bond donors (Lipinski definition) is 1. The monoisotopic (exact) mass is 390 g/mol. The molecule has 8 nitrogen and oxygen atoms in total. The maximum Gasteiger partial charge on any atom is 0.251 e. The van der Waals surface area contributed by atoms with Crippen molar-refractivity contribution >= 4 is 41.0 Å². The van der Waals surface area contributed by atoms with Gasteiger partial charge in [-0.25, -0.2) is 0 Å². The van der Waals surface area contributed by atoms with Crippen LogP contribution in [-0.4, -0.2) is 74.5 Å². The number of hydrogen-bond acceptors (Lipinski definition) is 7. The number of anilines is 1. The molecular formula is C18H22N4O4S. The highest BCUT2D eigenvalue weighted by Gasteiger charge is 2.38. The average molecular weight is 390 g/mol. The second-order valence-electron chi connectivity index (χ2n) is 6.16. The Morgan fingerprint density at radius 1 is 1.37 bits per heavy atom. The van der Waals surface area contributed by atoms with Crippen LogP contribution >= 0.6 is 12.2 Å². The van der Waals surface area contributed by atoms with E-state index in [4.69, 9.17) is 21.7 Å². The second-order valence-corrected chi connectivity index (χ2v) is 6.54. The van der Waals surface area contributed by atoms with Crippen LogP contribution in [0.4, 0.5) is 5.69 Å². The van der Waals surface area contributed by atoms with Crippen LogP contribution in [-0.2, 0) is 14.3 Å². The summed E-state index contributed by atoms with van der Waals surface area (Å²) in [7, 11) is 1.54. The number of ether oxygens (including phenoxy) is 2. The summed E-state index contributed by atoms with van der Waals surface area (Å²) in [4.78, 5) is 32.9. The summed E-state index contributed by atoms with van der Waals surface area (Å²) in [6.07, 6.45) is 1.41. The largest absolute Gasteiger partial charge is 0.497 e. The van der Waals surface area contributed by atoms with E-state index in [-0.39, 0.29) is 5.11 Å². The molecule has 2 heterocycles. The first-order valence-electron chi connectivity index (χ1n) is 8.73. The minimum Gasteiger partial charge on any atom is -0.497 e. The Balaban J connectivity index is 1.67. The molecule has 2 amide bonds. The molecule has 1 N–H and O–H groups in total. The molecule has 1 atom stereocenters. The van der Waals surface area contributed by atoms with Gasteiger partial charge in [0.1, 0.15) is 5.75 Å². The maximum absolute atomic E-state index is 12.9. The molecule has 0 unspecified atom stereocenters. The maximum atomic E-state index is 12.9. The molecule has 0 aromatic heterocycles. The highest BCUT2D eigenvalue weighted by Crippen LogP contribution is 2.24. The first kappa shape index (κ1) is 19.4. The first-order chi connectivity index (χ1) is 13.1. The molecule has 9 heteroatoms. The van der Waals surface area contributed by atoms with Crippen LogP contribution in [0.2, 0.25) is 0 Å². The summed E-state index contributed by atoms with van der Waals surface area (Å²) >= 11 is 5.19. The summed E-state index contributed by atoms with van der Waals surface area (Å²) < 4.78 is 10.5. The third-order valence-corrected chi connectivity index (χ3v) is 4.70. The van der Waals surface area contributed by atoms with Gasteiger partial charge in [0.25, 0.3) is 5.91 Å². The Morgan fingerprint density at radius 3 is 2.89 bits per heavy atom. The summed E-state index contributed by atoms with van der Waals surface area (Å²) in [5.74, 6) is -1.30. The number of carbonyl (C=O) groups excluding carboxylic acids is 2. The minimum absolute atomic E-state index is 0.0521. The molecule has 0 saturated carbocycles. The zero-order valence-corrected chi connectivity index (χ0v) is 15.9. The highest BCUT2D eigenvalue weighted by atomic mass is 32.1. The number of nitrogens with one attached hydrogen (secondary N) is 1. The third kappa shape index (κ3) is 4.68. The molecule has 2 saturated heterocycles. The van der Waals surface area contributed by atoms with Crippen LogP contribution in [0, 0.1) is 5.92 Å². The van der Waals surface area contributed by atoms with Crippen LogP contribution in [0.15, 0.2) is 29.3 Å². The minimum atomic E-state index is -1.01. The lowest BCUT2D eigenvalue weighted by atomic mass is 10.1. The van der Waals surface area contributed by atoms with E-state index in [1.165, 1.54) is 11.1 Å². The van der Waals surface area contributed by atoms with E-state index < -0.39 is 17.7 Å². The topological polar surface area (TPSA) is 83.5 Å². The van der Waals surface area contributed by atoms with Gasteiger partial charge in [0, 0.05) is 31.9 Å². The van der Waals surface area contributed by atoms with Crippen LogP contribution in [0.25, 0.3) is 0 Å². The number of amides is 2. The van der Waals surface area contributed by atoms with E-state index in [1.54, 1.807) is 31.4 Å². The van der Waals surface area contributed by atoms with Crippen LogP contribution in [0.5, 0.6) is 5.75 Å². The molecule has 0 radical (unpaired) electrons. The van der Waals surface area contributed by atoms with Crippen molar-refractivity contribution in [2.24, 2.45) is 10.9 Å². The zero-order chi connectivity index (χ0) is 19.2. The lowest BCUT2D eigenvalue weighted by Crippen LogP contribution is -2.58. The first-order valence-corrected chi connectivity index (χ1v) is 9.14. The van der Waals surface area contributed by atoms with Gasteiger partial charge in [0.05, 0.1) is 32.6 Å². The quantitative estimate of drug-likeness (QED) is 0.432. The van der Waals surface area contributed by atoms with E-state index in [0.29, 0.717) is 18.0 Å². The standard InChI is InChI=1S/C18H22N4O4S/c1-25-14-4-2-3-13(11-14)22-17(24)15(16(23)20-18(22)27)12-19-5-6-21-7-9-26-10-8-21/h2-4,11-12,15H,5-10H2,1H3,(H,20,23,27)/t15-/m0/s1. The summed E-state index contributed by atoms with van der Waals surface area (Å²) in [5.41, 5.74) is 0.538. The number of methoxy groups -OCH3 is 1. The highest BCUT2D eigenvalue weighted by molar-refractivity contribution is 7.80. The molecule has 1 aromatic carbocycles. The van der Waals surface area contributed by atoms with Gasteiger partial charge >= 0.3 is 0 Å². The Kier molecular flexibility index (Phi) is 6.49. The van der Waals surface area contributed by atoms with Gasteiger partial charge in [-0.1, -0.05) is 6.07 Å². The molecule has 0 bridgehead atoms. The van der Waals surface area contributed by atoms with E-state index in [9.17, 15) is 9.59 Å². The molecule has 2 aliphatic rings. The van der Waals surface area contributed by atoms with Crippen molar-refractivity contribution in [2.75, 3.05) is 51.4 Å². The number of benzene rings is 1. The van der Waals surface area contributed by atoms with Crippen LogP contribution in [0.1, 0.15) is 0 Å². The third-order valence-electron chi connectivity index (χ3n) is 4.42. The predicted molar refractivity (Wildman–Crippen MR) is 105 cm³/mol. The number of morpholine rings is 1. The predicted octanol–water partition coefficient (Wildman–Crippen LogP) is 0.462. The Hall–Kier alpha value is -2.36. The Labute approximate surface area is 163 Å². The average Bonchev–Trinajstić information content (AvgIpc) is 2.68. The lowest BCUT2D eigenvalue weighted by molar-refractivity contribution is -0.130. The number of nitrogens with zero attached hydrogens (tertiary/aromatic N) is 3. The van der Waals surface area contributed by atoms with Crippen molar-refractivity contribution in [3.8, 4) is 5.75 Å². The van der Waals surface area contributed by atoms with Gasteiger partial charge in [-0.3, -0.25) is 24.4 Å². The zero-order valence-electron chi connectivity index (χ0n) is 15.1. The molecular weight excluding hydrogens is 368 g/mol. The molecule has 144 valence electrons. The molecule has 2 aliphatic heterocycles. The summed E-state index contributed by atoms with van der Waals surface area (Å²) in [5, 5.41) is 2.63. The number of carbonyl (C=O) groups is 2. The second kappa shape index (κ2) is 9.03. The van der Waals surface area contributed by atoms with Crippen LogP contribution in [0.3, 0.4) is 0 Å². The molecule has 2 fully saturated rings. The van der Waals surface area contributed by atoms with Gasteiger partial charge in [0.2, 0.25) is 5.91 Å². The molecule has 0 spiro atoms. The fourth-order valence-electron chi connectivity index (χ4n) is 2.92. The van der Waals surface area contributed by atoms with E-state index in [0.717, 1.165) is 32.8 Å². The number of rotatable bonds is 6. The van der Waals surface area contributed by atoms with Crippen molar-refractivity contribution in [1.29, 1.82) is 0 Å². The molecule has 3 rings (SSSR count). The van der Waals surface area contributed by atoms with E-state index >= 15 is 0 Å². The summed E-state index contributed by atoms with van der Waals surface area (Å²) in [6.45, 7) is 4.47. The lowest BCUT2D eigenvalue weighted by Gasteiger charge is -2.31. The fraction of sp³-hybridized carbons (Fsp3) is 0.444. The van der Waals surface area contributed by atoms with Crippen molar-refractivity contribution in [3.05, 3.63) is 24.3 Å². The molecule has 1 aromatic rings. The smallest absolute Gasteiger partial charge is 0.251 e. The van der Waals surface area contributed by atoms with Crippen molar-refractivity contribution in [3.63, 3.8) is 0 Å². The fourth-order valence-corrected chi connectivity index (χ4v) is 3.22. The van der Waals surface area contributed by atoms with Crippen molar-refractivity contribution < 1.29 is 19.1 Å². The van der Waals surface area contributed by atoms with Crippen molar-refractivity contribution in [2.45, 2.75) is 0 Å².